The van der Waals surface area contributed by atoms with Gasteiger partial charge in [-0.3, -0.25) is 4.79 Å². The second-order valence-corrected chi connectivity index (χ2v) is 4.32. The van der Waals surface area contributed by atoms with Crippen molar-refractivity contribution in [2.24, 2.45) is 0 Å². The number of hydrogen-bond acceptors (Lipinski definition) is 3. The van der Waals surface area contributed by atoms with Gasteiger partial charge in [0.05, 0.1) is 24.6 Å². The van der Waals surface area contributed by atoms with Crippen molar-refractivity contribution in [3.05, 3.63) is 30.5 Å². The first-order chi connectivity index (χ1) is 9.76. The predicted molar refractivity (Wildman–Crippen MR) is 76.3 cm³/mol. The molecule has 0 aliphatic carbocycles. The Kier molecular flexibility index (Phi) is 4.61. The predicted octanol–water partition coefficient (Wildman–Crippen LogP) is 2.07. The van der Waals surface area contributed by atoms with Gasteiger partial charge in [-0.25, -0.2) is 0 Å². The minimum absolute atomic E-state index is 0.0976. The highest BCUT2D eigenvalue weighted by atomic mass is 16.5. The van der Waals surface area contributed by atoms with Crippen LogP contribution in [0.3, 0.4) is 0 Å². The van der Waals surface area contributed by atoms with Gasteiger partial charge >= 0.3 is 0 Å². The number of benzene rings is 1. The van der Waals surface area contributed by atoms with Crippen molar-refractivity contribution in [2.45, 2.75) is 19.9 Å². The molecule has 2 aromatic rings. The molecule has 0 aliphatic rings. The fourth-order valence-corrected chi connectivity index (χ4v) is 2.08. The van der Waals surface area contributed by atoms with E-state index in [2.05, 4.69) is 5.32 Å². The lowest BCUT2D eigenvalue weighted by molar-refractivity contribution is -0.121. The summed E-state index contributed by atoms with van der Waals surface area (Å²) in [5.74, 6) is 0.730. The van der Waals surface area contributed by atoms with Crippen LogP contribution in [0, 0.1) is 11.3 Å². The average molecular weight is 271 g/mol. The second kappa shape index (κ2) is 6.62. The monoisotopic (exact) mass is 271 g/mol. The molecule has 0 spiro atoms. The van der Waals surface area contributed by atoms with Crippen molar-refractivity contribution in [1.29, 1.82) is 5.26 Å². The van der Waals surface area contributed by atoms with Gasteiger partial charge in [-0.1, -0.05) is 6.07 Å². The molecular weight excluding hydrogens is 254 g/mol. The maximum Gasteiger partial charge on any atom is 0.239 e. The molecule has 0 bridgehead atoms. The summed E-state index contributed by atoms with van der Waals surface area (Å²) in [6.45, 7) is 3.18. The molecule has 1 heterocycles. The number of nitrogens with one attached hydrogen (secondary N) is 1. The lowest BCUT2D eigenvalue weighted by atomic mass is 10.2. The zero-order chi connectivity index (χ0) is 14.4. The van der Waals surface area contributed by atoms with Gasteiger partial charge in [0.1, 0.15) is 12.3 Å². The Bertz CT molecular complexity index is 640. The number of aromatic nitrogens is 1. The molecule has 0 saturated carbocycles. The third-order valence-corrected chi connectivity index (χ3v) is 2.95. The van der Waals surface area contributed by atoms with Gasteiger partial charge in [-0.15, -0.1) is 0 Å². The highest BCUT2D eigenvalue weighted by Crippen LogP contribution is 2.26. The molecule has 20 heavy (non-hydrogen) atoms. The number of fused-ring (bicyclic) bond motifs is 1. The normalized spacial score (nSPS) is 10.2. The lowest BCUT2D eigenvalue weighted by Crippen LogP contribution is -2.27. The topological polar surface area (TPSA) is 67.0 Å². The minimum atomic E-state index is -0.0976. The molecule has 0 aliphatic heterocycles. The summed E-state index contributed by atoms with van der Waals surface area (Å²) in [5.41, 5.74) is 0.964. The van der Waals surface area contributed by atoms with Gasteiger partial charge in [-0.05, 0) is 25.1 Å². The Morgan fingerprint density at radius 2 is 2.30 bits per heavy atom. The number of hydrogen-bond donors (Lipinski definition) is 1. The molecule has 1 amide bonds. The van der Waals surface area contributed by atoms with E-state index in [0.717, 1.165) is 16.7 Å². The maximum atomic E-state index is 11.8. The van der Waals surface area contributed by atoms with Crippen LogP contribution in [0.2, 0.25) is 0 Å². The van der Waals surface area contributed by atoms with Gasteiger partial charge in [0.25, 0.3) is 0 Å². The molecule has 0 saturated heterocycles. The third kappa shape index (κ3) is 3.09. The number of rotatable bonds is 6. The first kappa shape index (κ1) is 13.9. The van der Waals surface area contributed by atoms with Crippen LogP contribution in [0.4, 0.5) is 0 Å². The number of ether oxygens (including phenoxy) is 1. The summed E-state index contributed by atoms with van der Waals surface area (Å²) in [5, 5.41) is 12.1. The van der Waals surface area contributed by atoms with E-state index in [1.54, 1.807) is 0 Å². The van der Waals surface area contributed by atoms with Gasteiger partial charge in [0, 0.05) is 18.1 Å². The van der Waals surface area contributed by atoms with Crippen LogP contribution in [-0.4, -0.2) is 23.6 Å². The highest BCUT2D eigenvalue weighted by Gasteiger charge is 2.08. The number of carbonyl (C=O) groups is 1. The van der Waals surface area contributed by atoms with E-state index in [4.69, 9.17) is 10.00 Å². The third-order valence-electron chi connectivity index (χ3n) is 2.95. The molecule has 5 nitrogen and oxygen atoms in total. The summed E-state index contributed by atoms with van der Waals surface area (Å²) in [6, 6.07) is 9.73. The summed E-state index contributed by atoms with van der Waals surface area (Å²) < 4.78 is 7.44. The Labute approximate surface area is 117 Å². The quantitative estimate of drug-likeness (QED) is 0.818. The number of nitrogens with zero attached hydrogens (tertiary/aromatic N) is 2. The summed E-state index contributed by atoms with van der Waals surface area (Å²) in [4.78, 5) is 11.8. The van der Waals surface area contributed by atoms with Crippen molar-refractivity contribution in [2.75, 3.05) is 13.2 Å². The maximum absolute atomic E-state index is 11.8. The SMILES string of the molecule is CCOc1cccc2c1ccn2CC(=O)NCCC#N. The molecule has 0 atom stereocenters. The molecule has 0 fully saturated rings. The fourth-order valence-electron chi connectivity index (χ4n) is 2.08. The van der Waals surface area contributed by atoms with Crippen LogP contribution < -0.4 is 10.1 Å². The summed E-state index contributed by atoms with van der Waals surface area (Å²) in [7, 11) is 0. The Balaban J connectivity index is 2.13. The van der Waals surface area contributed by atoms with E-state index >= 15 is 0 Å². The minimum Gasteiger partial charge on any atom is -0.493 e. The fraction of sp³-hybridized carbons (Fsp3) is 0.333. The lowest BCUT2D eigenvalue weighted by Gasteiger charge is -2.08. The van der Waals surface area contributed by atoms with Crippen LogP contribution in [0.1, 0.15) is 13.3 Å². The molecule has 0 unspecified atom stereocenters. The van der Waals surface area contributed by atoms with E-state index in [1.165, 1.54) is 0 Å². The number of nitriles is 1. The number of carbonyl (C=O) groups excluding carboxylic acids is 1. The zero-order valence-corrected chi connectivity index (χ0v) is 11.4. The van der Waals surface area contributed by atoms with E-state index < -0.39 is 0 Å². The van der Waals surface area contributed by atoms with Crippen LogP contribution >= 0.6 is 0 Å². The number of amides is 1. The van der Waals surface area contributed by atoms with E-state index in [9.17, 15) is 4.79 Å². The zero-order valence-electron chi connectivity index (χ0n) is 11.4. The molecule has 1 aromatic heterocycles. The second-order valence-electron chi connectivity index (χ2n) is 4.32. The van der Waals surface area contributed by atoms with Crippen molar-refractivity contribution in [1.82, 2.24) is 9.88 Å². The smallest absolute Gasteiger partial charge is 0.239 e. The first-order valence-electron chi connectivity index (χ1n) is 6.60. The van der Waals surface area contributed by atoms with E-state index in [-0.39, 0.29) is 12.5 Å². The largest absolute Gasteiger partial charge is 0.493 e. The molecule has 1 aromatic carbocycles. The van der Waals surface area contributed by atoms with E-state index in [1.807, 2.05) is 48.0 Å². The average Bonchev–Trinajstić information content (AvgIpc) is 2.84. The Morgan fingerprint density at radius 1 is 1.45 bits per heavy atom. The summed E-state index contributed by atoms with van der Waals surface area (Å²) >= 11 is 0. The molecular formula is C15H17N3O2. The molecule has 5 heteroatoms. The van der Waals surface area contributed by atoms with Crippen LogP contribution in [0.5, 0.6) is 5.75 Å². The summed E-state index contributed by atoms with van der Waals surface area (Å²) in [6.07, 6.45) is 2.20. The van der Waals surface area contributed by atoms with Gasteiger partial charge < -0.3 is 14.6 Å². The molecule has 0 radical (unpaired) electrons. The van der Waals surface area contributed by atoms with Gasteiger partial charge in [-0.2, -0.15) is 5.26 Å². The molecule has 104 valence electrons. The molecule has 2 rings (SSSR count). The van der Waals surface area contributed by atoms with Gasteiger partial charge in [0.15, 0.2) is 0 Å². The molecule has 1 N–H and O–H groups in total. The van der Waals surface area contributed by atoms with Crippen molar-refractivity contribution < 1.29 is 9.53 Å². The highest BCUT2D eigenvalue weighted by molar-refractivity contribution is 5.88. The van der Waals surface area contributed by atoms with Crippen molar-refractivity contribution in [3.63, 3.8) is 0 Å². The first-order valence-corrected chi connectivity index (χ1v) is 6.60. The van der Waals surface area contributed by atoms with Crippen LogP contribution in [0.25, 0.3) is 10.9 Å². The van der Waals surface area contributed by atoms with E-state index in [0.29, 0.717) is 19.6 Å². The van der Waals surface area contributed by atoms with Gasteiger partial charge in [0.2, 0.25) is 5.91 Å². The Hall–Kier alpha value is -2.48. The Morgan fingerprint density at radius 3 is 3.05 bits per heavy atom. The standard InChI is InChI=1S/C15H17N3O2/c1-2-20-14-6-3-5-13-12(14)7-10-18(13)11-15(19)17-9-4-8-16/h3,5-7,10H,2,4,9,11H2,1H3,(H,17,19). The van der Waals surface area contributed by atoms with Crippen LogP contribution in [-0.2, 0) is 11.3 Å². The van der Waals surface area contributed by atoms with Crippen LogP contribution in [0.15, 0.2) is 30.5 Å². The van der Waals surface area contributed by atoms with Crippen molar-refractivity contribution in [3.8, 4) is 11.8 Å². The van der Waals surface area contributed by atoms with Crippen molar-refractivity contribution >= 4 is 16.8 Å².